The molecule has 0 bridgehead atoms. The first-order valence-corrected chi connectivity index (χ1v) is 7.10. The molecule has 20 heavy (non-hydrogen) atoms. The Morgan fingerprint density at radius 2 is 2.25 bits per heavy atom. The van der Waals surface area contributed by atoms with Crippen molar-refractivity contribution >= 4 is 17.0 Å². The third kappa shape index (κ3) is 2.59. The van der Waals surface area contributed by atoms with Gasteiger partial charge in [0, 0.05) is 24.1 Å². The van der Waals surface area contributed by atoms with E-state index in [4.69, 9.17) is 9.72 Å². The highest BCUT2D eigenvalue weighted by Gasteiger charge is 2.31. The minimum atomic E-state index is -0.0755. The van der Waals surface area contributed by atoms with Crippen molar-refractivity contribution in [1.82, 2.24) is 9.97 Å². The summed E-state index contributed by atoms with van der Waals surface area (Å²) in [5.41, 5.74) is 2.03. The van der Waals surface area contributed by atoms with Crippen LogP contribution in [0, 0.1) is 0 Å². The van der Waals surface area contributed by atoms with E-state index in [0.29, 0.717) is 5.92 Å². The summed E-state index contributed by atoms with van der Waals surface area (Å²) >= 11 is 0. The van der Waals surface area contributed by atoms with E-state index < -0.39 is 0 Å². The van der Waals surface area contributed by atoms with Crippen molar-refractivity contribution in [2.24, 2.45) is 0 Å². The zero-order valence-corrected chi connectivity index (χ0v) is 12.1. The van der Waals surface area contributed by atoms with Gasteiger partial charge in [-0.05, 0) is 44.4 Å². The molecule has 0 unspecified atom stereocenters. The highest BCUT2D eigenvalue weighted by Crippen LogP contribution is 2.34. The Labute approximate surface area is 119 Å². The van der Waals surface area contributed by atoms with Crippen LogP contribution < -0.4 is 0 Å². The van der Waals surface area contributed by atoms with Crippen LogP contribution in [0.25, 0.3) is 17.0 Å². The van der Waals surface area contributed by atoms with E-state index >= 15 is 0 Å². The summed E-state index contributed by atoms with van der Waals surface area (Å²) in [7, 11) is 0. The second-order valence-corrected chi connectivity index (χ2v) is 6.05. The molecule has 3 rings (SSSR count). The molecule has 1 fully saturated rings. The van der Waals surface area contributed by atoms with Crippen molar-refractivity contribution in [2.45, 2.75) is 38.2 Å². The minimum absolute atomic E-state index is 0.0755. The normalized spacial score (nSPS) is 21.8. The Morgan fingerprint density at radius 3 is 3.00 bits per heavy atom. The van der Waals surface area contributed by atoms with Gasteiger partial charge in [-0.2, -0.15) is 0 Å². The summed E-state index contributed by atoms with van der Waals surface area (Å²) in [4.78, 5) is 9.31. The lowest BCUT2D eigenvalue weighted by molar-refractivity contribution is -0.0602. The monoisotopic (exact) mass is 268 g/mol. The molecule has 1 aliphatic heterocycles. The highest BCUT2D eigenvalue weighted by atomic mass is 16.5. The van der Waals surface area contributed by atoms with Crippen molar-refractivity contribution in [3.63, 3.8) is 0 Å². The largest absolute Gasteiger partial charge is 0.376 e. The summed E-state index contributed by atoms with van der Waals surface area (Å²) in [6.45, 7) is 8.85. The van der Waals surface area contributed by atoms with Gasteiger partial charge in [-0.3, -0.25) is 0 Å². The molecule has 1 aromatic heterocycles. The summed E-state index contributed by atoms with van der Waals surface area (Å²) in [5.74, 6) is 1.34. The van der Waals surface area contributed by atoms with Crippen molar-refractivity contribution in [1.29, 1.82) is 0 Å². The minimum Gasteiger partial charge on any atom is -0.376 e. The zero-order chi connectivity index (χ0) is 14.2. The maximum absolute atomic E-state index is 5.77. The Bertz CT molecular complexity index is 648. The van der Waals surface area contributed by atoms with Gasteiger partial charge in [-0.1, -0.05) is 18.7 Å². The fraction of sp³-hybridized carbons (Fsp3) is 0.412. The molecule has 3 heteroatoms. The van der Waals surface area contributed by atoms with Crippen LogP contribution in [-0.4, -0.2) is 22.2 Å². The molecule has 104 valence electrons. The van der Waals surface area contributed by atoms with Gasteiger partial charge < -0.3 is 4.74 Å². The molecule has 0 amide bonds. The smallest absolute Gasteiger partial charge is 0.132 e. The average Bonchev–Trinajstić information content (AvgIpc) is 2.45. The molecule has 1 aromatic carbocycles. The number of benzene rings is 1. The lowest BCUT2D eigenvalue weighted by Crippen LogP contribution is -2.33. The fourth-order valence-corrected chi connectivity index (χ4v) is 2.84. The molecule has 0 radical (unpaired) electrons. The van der Waals surface area contributed by atoms with E-state index in [-0.39, 0.29) is 5.60 Å². The Balaban J connectivity index is 1.94. The van der Waals surface area contributed by atoms with Crippen LogP contribution in [-0.2, 0) is 4.74 Å². The van der Waals surface area contributed by atoms with Crippen molar-refractivity contribution in [3.05, 3.63) is 42.4 Å². The molecule has 0 aliphatic carbocycles. The maximum Gasteiger partial charge on any atom is 0.132 e. The molecular weight excluding hydrogens is 248 g/mol. The van der Waals surface area contributed by atoms with Crippen LogP contribution in [0.4, 0.5) is 0 Å². The van der Waals surface area contributed by atoms with Crippen LogP contribution in [0.15, 0.2) is 31.0 Å². The quantitative estimate of drug-likeness (QED) is 0.827. The van der Waals surface area contributed by atoms with Crippen molar-refractivity contribution in [2.75, 3.05) is 6.61 Å². The molecule has 0 saturated carbocycles. The summed E-state index contributed by atoms with van der Waals surface area (Å²) in [5, 5.41) is 1.07. The molecule has 0 spiro atoms. The first-order chi connectivity index (χ1) is 9.57. The second kappa shape index (κ2) is 4.98. The van der Waals surface area contributed by atoms with Crippen LogP contribution in [0.1, 0.15) is 44.0 Å². The Kier molecular flexibility index (Phi) is 3.30. The first kappa shape index (κ1) is 13.3. The first-order valence-electron chi connectivity index (χ1n) is 7.10. The number of hydrogen-bond donors (Lipinski definition) is 0. The van der Waals surface area contributed by atoms with Gasteiger partial charge in [0.25, 0.3) is 0 Å². The molecule has 3 nitrogen and oxygen atoms in total. The third-order valence-electron chi connectivity index (χ3n) is 3.92. The molecule has 1 atom stereocenters. The lowest BCUT2D eigenvalue weighted by atomic mass is 9.88. The van der Waals surface area contributed by atoms with E-state index in [1.165, 1.54) is 0 Å². The van der Waals surface area contributed by atoms with Crippen LogP contribution >= 0.6 is 0 Å². The van der Waals surface area contributed by atoms with Gasteiger partial charge in [-0.15, -0.1) is 0 Å². The van der Waals surface area contributed by atoms with Gasteiger partial charge in [0.15, 0.2) is 0 Å². The van der Waals surface area contributed by atoms with Crippen molar-refractivity contribution < 1.29 is 4.74 Å². The van der Waals surface area contributed by atoms with E-state index in [2.05, 4.69) is 31.5 Å². The topological polar surface area (TPSA) is 35.0 Å². The second-order valence-electron chi connectivity index (χ2n) is 6.05. The van der Waals surface area contributed by atoms with Gasteiger partial charge in [0.05, 0.1) is 11.1 Å². The molecular formula is C17H20N2O. The number of hydrogen-bond acceptors (Lipinski definition) is 3. The SMILES string of the molecule is C=Cc1ccc2nc([C@@H]3CCOC(C)(C)C3)ncc2c1. The summed E-state index contributed by atoms with van der Waals surface area (Å²) in [6.07, 6.45) is 5.74. The maximum atomic E-state index is 5.77. The number of aromatic nitrogens is 2. The fourth-order valence-electron chi connectivity index (χ4n) is 2.84. The predicted molar refractivity (Wildman–Crippen MR) is 81.6 cm³/mol. The number of nitrogens with zero attached hydrogens (tertiary/aromatic N) is 2. The van der Waals surface area contributed by atoms with E-state index in [1.54, 1.807) is 0 Å². The zero-order valence-electron chi connectivity index (χ0n) is 12.1. The molecule has 2 aromatic rings. The Morgan fingerprint density at radius 1 is 1.40 bits per heavy atom. The number of fused-ring (bicyclic) bond motifs is 1. The Hall–Kier alpha value is -1.74. The molecule has 0 N–H and O–H groups in total. The van der Waals surface area contributed by atoms with E-state index in [0.717, 1.165) is 41.7 Å². The van der Waals surface area contributed by atoms with Crippen LogP contribution in [0.5, 0.6) is 0 Å². The average molecular weight is 268 g/mol. The molecule has 1 saturated heterocycles. The predicted octanol–water partition coefficient (Wildman–Crippen LogP) is 3.95. The number of rotatable bonds is 2. The lowest BCUT2D eigenvalue weighted by Gasteiger charge is -2.34. The van der Waals surface area contributed by atoms with Crippen LogP contribution in [0.3, 0.4) is 0 Å². The van der Waals surface area contributed by atoms with Gasteiger partial charge >= 0.3 is 0 Å². The third-order valence-corrected chi connectivity index (χ3v) is 3.92. The standard InChI is InChI=1S/C17H20N2O/c1-4-12-5-6-15-14(9-12)11-18-16(19-15)13-7-8-20-17(2,3)10-13/h4-6,9,11,13H,1,7-8,10H2,2-3H3/t13-/m1/s1. The summed E-state index contributed by atoms with van der Waals surface area (Å²) in [6, 6.07) is 6.15. The molecule has 2 heterocycles. The van der Waals surface area contributed by atoms with E-state index in [1.807, 2.05) is 24.4 Å². The summed E-state index contributed by atoms with van der Waals surface area (Å²) < 4.78 is 5.77. The van der Waals surface area contributed by atoms with Gasteiger partial charge in [-0.25, -0.2) is 9.97 Å². The van der Waals surface area contributed by atoms with Gasteiger partial charge in [0.2, 0.25) is 0 Å². The van der Waals surface area contributed by atoms with Crippen LogP contribution in [0.2, 0.25) is 0 Å². The molecule has 1 aliphatic rings. The van der Waals surface area contributed by atoms with E-state index in [9.17, 15) is 0 Å². The number of ether oxygens (including phenoxy) is 1. The van der Waals surface area contributed by atoms with Gasteiger partial charge in [0.1, 0.15) is 5.82 Å². The highest BCUT2D eigenvalue weighted by molar-refractivity contribution is 5.80. The van der Waals surface area contributed by atoms with Crippen molar-refractivity contribution in [3.8, 4) is 0 Å².